The number of hydrazone groups is 1. The van der Waals surface area contributed by atoms with Gasteiger partial charge in [-0.3, -0.25) is 4.79 Å². The minimum absolute atomic E-state index is 0.257. The lowest BCUT2D eigenvalue weighted by atomic mass is 10.0. The summed E-state index contributed by atoms with van der Waals surface area (Å²) in [6.45, 7) is 2.78. The van der Waals surface area contributed by atoms with Crippen LogP contribution in [0.4, 0.5) is 0 Å². The summed E-state index contributed by atoms with van der Waals surface area (Å²) in [5.74, 6) is 0.510. The van der Waals surface area contributed by atoms with E-state index in [1.807, 2.05) is 48.5 Å². The number of carbonyl (C=O) groups excluding carboxylic acids is 1. The molecule has 5 heteroatoms. The predicted octanol–water partition coefficient (Wildman–Crippen LogP) is 5.55. The number of benzene rings is 3. The third kappa shape index (κ3) is 4.95. The molecule has 0 aromatic heterocycles. The standard InChI is InChI=1S/C22H21BrN2O2/c1-2-3-14-27-21-13-10-16-6-4-5-7-19(16)20(21)15-24-25-22(26)17-8-11-18(23)12-9-17/h4-13,15H,2-3,14H2,1H3,(H,25,26)/b24-15+. The number of nitrogens with zero attached hydrogens (tertiary/aromatic N) is 1. The summed E-state index contributed by atoms with van der Waals surface area (Å²) >= 11 is 3.36. The average molecular weight is 425 g/mol. The van der Waals surface area contributed by atoms with Crippen molar-refractivity contribution in [1.29, 1.82) is 0 Å². The Morgan fingerprint density at radius 2 is 1.89 bits per heavy atom. The van der Waals surface area contributed by atoms with Crippen LogP contribution in [0.15, 0.2) is 70.2 Å². The molecule has 3 aromatic carbocycles. The van der Waals surface area contributed by atoms with E-state index in [9.17, 15) is 4.79 Å². The molecule has 1 amide bonds. The molecule has 0 atom stereocenters. The van der Waals surface area contributed by atoms with Crippen molar-refractivity contribution in [3.05, 3.63) is 76.3 Å². The summed E-state index contributed by atoms with van der Waals surface area (Å²) in [6, 6.07) is 19.2. The van der Waals surface area contributed by atoms with Gasteiger partial charge in [0.2, 0.25) is 0 Å². The minimum atomic E-state index is -0.257. The second-order valence-corrected chi connectivity index (χ2v) is 7.02. The Bertz CT molecular complexity index is 952. The molecular weight excluding hydrogens is 404 g/mol. The summed E-state index contributed by atoms with van der Waals surface area (Å²) in [4.78, 5) is 12.2. The molecule has 0 bridgehead atoms. The van der Waals surface area contributed by atoms with E-state index in [0.29, 0.717) is 12.2 Å². The number of carbonyl (C=O) groups is 1. The van der Waals surface area contributed by atoms with Crippen molar-refractivity contribution in [2.45, 2.75) is 19.8 Å². The van der Waals surface area contributed by atoms with E-state index in [1.54, 1.807) is 18.3 Å². The van der Waals surface area contributed by atoms with Crippen molar-refractivity contribution in [1.82, 2.24) is 5.43 Å². The van der Waals surface area contributed by atoms with E-state index in [-0.39, 0.29) is 5.91 Å². The molecule has 0 fully saturated rings. The molecule has 3 aromatic rings. The molecule has 0 heterocycles. The van der Waals surface area contributed by atoms with Gasteiger partial charge in [-0.1, -0.05) is 59.6 Å². The van der Waals surface area contributed by atoms with Crippen molar-refractivity contribution in [2.24, 2.45) is 5.10 Å². The summed E-state index contributed by atoms with van der Waals surface area (Å²) < 4.78 is 6.86. The molecular formula is C22H21BrN2O2. The largest absolute Gasteiger partial charge is 0.493 e. The molecule has 0 radical (unpaired) electrons. The Balaban J connectivity index is 1.83. The maximum atomic E-state index is 12.2. The average Bonchev–Trinajstić information content (AvgIpc) is 2.69. The molecule has 138 valence electrons. The molecule has 0 saturated heterocycles. The van der Waals surface area contributed by atoms with Crippen molar-refractivity contribution >= 4 is 38.8 Å². The Hall–Kier alpha value is -2.66. The number of hydrogen-bond donors (Lipinski definition) is 1. The van der Waals surface area contributed by atoms with Gasteiger partial charge >= 0.3 is 0 Å². The first kappa shape index (κ1) is 19.1. The lowest BCUT2D eigenvalue weighted by Gasteiger charge is -2.11. The second-order valence-electron chi connectivity index (χ2n) is 6.11. The zero-order chi connectivity index (χ0) is 19.1. The molecule has 4 nitrogen and oxygen atoms in total. The normalized spacial score (nSPS) is 11.0. The molecule has 27 heavy (non-hydrogen) atoms. The quantitative estimate of drug-likeness (QED) is 0.307. The molecule has 0 aliphatic heterocycles. The van der Waals surface area contributed by atoms with Crippen LogP contribution < -0.4 is 10.2 Å². The van der Waals surface area contributed by atoms with Crippen molar-refractivity contribution < 1.29 is 9.53 Å². The number of rotatable bonds is 7. The van der Waals surface area contributed by atoms with E-state index in [1.165, 1.54) is 0 Å². The van der Waals surface area contributed by atoms with Gasteiger partial charge in [0.15, 0.2) is 0 Å². The lowest BCUT2D eigenvalue weighted by Crippen LogP contribution is -2.17. The Kier molecular flexibility index (Phi) is 6.60. The molecule has 0 saturated carbocycles. The lowest BCUT2D eigenvalue weighted by molar-refractivity contribution is 0.0955. The summed E-state index contributed by atoms with van der Waals surface area (Å²) in [5.41, 5.74) is 4.00. The van der Waals surface area contributed by atoms with Crippen molar-refractivity contribution in [3.63, 3.8) is 0 Å². The number of amides is 1. The van der Waals surface area contributed by atoms with Crippen LogP contribution in [0.2, 0.25) is 0 Å². The summed E-state index contributed by atoms with van der Waals surface area (Å²) in [7, 11) is 0. The zero-order valence-electron chi connectivity index (χ0n) is 15.1. The van der Waals surface area contributed by atoms with Crippen LogP contribution in [0.5, 0.6) is 5.75 Å². The second kappa shape index (κ2) is 9.33. The Morgan fingerprint density at radius 3 is 2.67 bits per heavy atom. The van der Waals surface area contributed by atoms with E-state index in [4.69, 9.17) is 4.74 Å². The van der Waals surface area contributed by atoms with Crippen LogP contribution in [0.1, 0.15) is 35.7 Å². The van der Waals surface area contributed by atoms with Gasteiger partial charge in [0.25, 0.3) is 5.91 Å². The fourth-order valence-electron chi connectivity index (χ4n) is 2.68. The molecule has 3 rings (SSSR count). The van der Waals surface area contributed by atoms with Crippen LogP contribution in [0.25, 0.3) is 10.8 Å². The SMILES string of the molecule is CCCCOc1ccc2ccccc2c1/C=N/NC(=O)c1ccc(Br)cc1. The highest BCUT2D eigenvalue weighted by Crippen LogP contribution is 2.27. The van der Waals surface area contributed by atoms with Crippen LogP contribution >= 0.6 is 15.9 Å². The highest BCUT2D eigenvalue weighted by molar-refractivity contribution is 9.10. The topological polar surface area (TPSA) is 50.7 Å². The number of hydrogen-bond acceptors (Lipinski definition) is 3. The third-order valence-electron chi connectivity index (χ3n) is 4.15. The van der Waals surface area contributed by atoms with Crippen molar-refractivity contribution in [2.75, 3.05) is 6.61 Å². The summed E-state index contributed by atoms with van der Waals surface area (Å²) in [5, 5.41) is 6.30. The smallest absolute Gasteiger partial charge is 0.271 e. The van der Waals surface area contributed by atoms with Gasteiger partial charge in [-0.05, 0) is 47.5 Å². The number of ether oxygens (including phenoxy) is 1. The minimum Gasteiger partial charge on any atom is -0.493 e. The van der Waals surface area contributed by atoms with Gasteiger partial charge in [-0.2, -0.15) is 5.10 Å². The van der Waals surface area contributed by atoms with Gasteiger partial charge in [0.1, 0.15) is 5.75 Å². The first-order chi connectivity index (χ1) is 13.2. The van der Waals surface area contributed by atoms with E-state index >= 15 is 0 Å². The van der Waals surface area contributed by atoms with E-state index in [2.05, 4.69) is 33.4 Å². The monoisotopic (exact) mass is 424 g/mol. The predicted molar refractivity (Wildman–Crippen MR) is 114 cm³/mol. The van der Waals surface area contributed by atoms with Crippen LogP contribution in [-0.4, -0.2) is 18.7 Å². The first-order valence-electron chi connectivity index (χ1n) is 8.92. The zero-order valence-corrected chi connectivity index (χ0v) is 16.7. The third-order valence-corrected chi connectivity index (χ3v) is 4.68. The number of fused-ring (bicyclic) bond motifs is 1. The van der Waals surface area contributed by atoms with Gasteiger partial charge in [0.05, 0.1) is 12.8 Å². The molecule has 1 N–H and O–H groups in total. The highest BCUT2D eigenvalue weighted by Gasteiger charge is 2.08. The highest BCUT2D eigenvalue weighted by atomic mass is 79.9. The fraction of sp³-hybridized carbons (Fsp3) is 0.182. The van der Waals surface area contributed by atoms with E-state index in [0.717, 1.165) is 39.4 Å². The Morgan fingerprint density at radius 1 is 1.11 bits per heavy atom. The van der Waals surface area contributed by atoms with E-state index < -0.39 is 0 Å². The molecule has 0 aliphatic rings. The maximum Gasteiger partial charge on any atom is 0.271 e. The van der Waals surface area contributed by atoms with Crippen LogP contribution in [-0.2, 0) is 0 Å². The van der Waals surface area contributed by atoms with Gasteiger partial charge in [0, 0.05) is 15.6 Å². The van der Waals surface area contributed by atoms with Gasteiger partial charge < -0.3 is 4.74 Å². The maximum absolute atomic E-state index is 12.2. The first-order valence-corrected chi connectivity index (χ1v) is 9.72. The van der Waals surface area contributed by atoms with Crippen LogP contribution in [0.3, 0.4) is 0 Å². The fourth-order valence-corrected chi connectivity index (χ4v) is 2.95. The number of unbranched alkanes of at least 4 members (excludes halogenated alkanes) is 1. The van der Waals surface area contributed by atoms with Gasteiger partial charge in [-0.15, -0.1) is 0 Å². The number of nitrogens with one attached hydrogen (secondary N) is 1. The molecule has 0 spiro atoms. The number of halogens is 1. The molecule has 0 aliphatic carbocycles. The van der Waals surface area contributed by atoms with Crippen LogP contribution in [0, 0.1) is 0 Å². The molecule has 0 unspecified atom stereocenters. The van der Waals surface area contributed by atoms with Crippen molar-refractivity contribution in [3.8, 4) is 5.75 Å². The Labute approximate surface area is 167 Å². The summed E-state index contributed by atoms with van der Waals surface area (Å²) in [6.07, 6.45) is 3.71. The van der Waals surface area contributed by atoms with Gasteiger partial charge in [-0.25, -0.2) is 5.43 Å².